The average molecular weight is 433 g/mol. The highest BCUT2D eigenvalue weighted by Crippen LogP contribution is 2.44. The van der Waals surface area contributed by atoms with E-state index in [0.29, 0.717) is 29.3 Å². The van der Waals surface area contributed by atoms with E-state index in [1.165, 1.54) is 11.3 Å². The number of carbonyl (C=O) groups is 3. The van der Waals surface area contributed by atoms with Crippen molar-refractivity contribution >= 4 is 34.1 Å². The second kappa shape index (κ2) is 8.17. The Morgan fingerprint density at radius 2 is 1.67 bits per heavy atom. The number of carboxylic acid groups (broad SMARTS) is 1. The number of anilines is 1. The van der Waals surface area contributed by atoms with E-state index in [1.54, 1.807) is 0 Å². The van der Waals surface area contributed by atoms with Gasteiger partial charge in [-0.1, -0.05) is 31.9 Å². The Hall–Kier alpha value is -2.15. The third-order valence-corrected chi connectivity index (χ3v) is 8.06. The highest BCUT2D eigenvalue weighted by Gasteiger charge is 2.39. The highest BCUT2D eigenvalue weighted by molar-refractivity contribution is 7.17. The minimum atomic E-state index is -0.962. The number of fused-ring (bicyclic) bond motifs is 1. The van der Waals surface area contributed by atoms with Crippen LogP contribution in [0.5, 0.6) is 0 Å². The predicted octanol–water partition coefficient (Wildman–Crippen LogP) is 4.38. The molecule has 0 saturated carbocycles. The molecular weight excluding hydrogens is 400 g/mol. The summed E-state index contributed by atoms with van der Waals surface area (Å²) in [7, 11) is 0. The van der Waals surface area contributed by atoms with Crippen molar-refractivity contribution in [1.29, 1.82) is 0 Å². The number of hydrogen-bond donors (Lipinski definition) is 3. The lowest BCUT2D eigenvalue weighted by Gasteiger charge is -2.33. The molecule has 0 spiro atoms. The number of hydrogen-bond acceptors (Lipinski definition) is 4. The van der Waals surface area contributed by atoms with Crippen molar-refractivity contribution in [2.45, 2.75) is 66.7 Å². The number of amides is 2. The first-order chi connectivity index (χ1) is 13.9. The Morgan fingerprint density at radius 1 is 1.07 bits per heavy atom. The molecule has 1 aromatic rings. The second-order valence-electron chi connectivity index (χ2n) is 9.89. The normalized spacial score (nSPS) is 24.4. The minimum Gasteiger partial charge on any atom is -0.481 e. The number of allylic oxidation sites excluding steroid dienone is 2. The molecule has 3 atom stereocenters. The van der Waals surface area contributed by atoms with Crippen LogP contribution in [0.3, 0.4) is 0 Å². The van der Waals surface area contributed by atoms with Crippen LogP contribution >= 0.6 is 11.3 Å². The molecule has 30 heavy (non-hydrogen) atoms. The topological polar surface area (TPSA) is 109 Å². The molecule has 0 aliphatic heterocycles. The summed E-state index contributed by atoms with van der Waals surface area (Å²) in [5.74, 6) is -2.77. The maximum Gasteiger partial charge on any atom is 0.307 e. The summed E-state index contributed by atoms with van der Waals surface area (Å²) in [6.07, 6.45) is 3.40. The number of carbonyl (C=O) groups excluding carboxylic acids is 2. The van der Waals surface area contributed by atoms with E-state index >= 15 is 0 Å². The summed E-state index contributed by atoms with van der Waals surface area (Å²) in [6, 6.07) is 0. The van der Waals surface area contributed by atoms with Gasteiger partial charge in [0.25, 0.3) is 5.91 Å². The fourth-order valence-electron chi connectivity index (χ4n) is 4.71. The first-order valence-corrected chi connectivity index (χ1v) is 11.3. The van der Waals surface area contributed by atoms with Gasteiger partial charge < -0.3 is 16.2 Å². The molecule has 0 radical (unpaired) electrons. The number of nitrogens with one attached hydrogen (secondary N) is 1. The van der Waals surface area contributed by atoms with Crippen LogP contribution in [-0.4, -0.2) is 22.9 Å². The zero-order valence-electron chi connectivity index (χ0n) is 18.4. The van der Waals surface area contributed by atoms with Gasteiger partial charge in [0.05, 0.1) is 17.4 Å². The molecule has 0 fully saturated rings. The summed E-state index contributed by atoms with van der Waals surface area (Å²) < 4.78 is 0. The van der Waals surface area contributed by atoms with E-state index < -0.39 is 23.7 Å². The summed E-state index contributed by atoms with van der Waals surface area (Å²) in [6.45, 7) is 10.5. The zero-order chi connectivity index (χ0) is 22.4. The van der Waals surface area contributed by atoms with Crippen molar-refractivity contribution in [1.82, 2.24) is 0 Å². The Balaban J connectivity index is 1.90. The Kier molecular flexibility index (Phi) is 6.14. The third kappa shape index (κ3) is 4.31. The molecule has 4 N–H and O–H groups in total. The van der Waals surface area contributed by atoms with Crippen LogP contribution in [0.2, 0.25) is 0 Å². The van der Waals surface area contributed by atoms with Crippen molar-refractivity contribution in [3.05, 3.63) is 27.2 Å². The van der Waals surface area contributed by atoms with Crippen LogP contribution in [0.15, 0.2) is 11.1 Å². The molecular formula is C23H32N2O4S. The van der Waals surface area contributed by atoms with Gasteiger partial charge in [0, 0.05) is 4.88 Å². The molecule has 2 amide bonds. The molecule has 1 aromatic heterocycles. The van der Waals surface area contributed by atoms with Crippen LogP contribution in [-0.2, 0) is 22.4 Å². The molecule has 0 saturated heterocycles. The quantitative estimate of drug-likeness (QED) is 0.613. The lowest BCUT2D eigenvalue weighted by atomic mass is 9.72. The molecule has 7 heteroatoms. The molecule has 0 aromatic carbocycles. The SMILES string of the molecule is CC1=C(C)C[C@@H](C(=O)Nc2sc3c(c2C(N)=O)CC[C@@H](C(C)(C)C)C3)[C@@H](C(=O)O)C1. The molecule has 3 rings (SSSR count). The number of aliphatic carboxylic acids is 1. The van der Waals surface area contributed by atoms with E-state index in [0.717, 1.165) is 40.8 Å². The van der Waals surface area contributed by atoms with E-state index in [-0.39, 0.29) is 11.3 Å². The van der Waals surface area contributed by atoms with Gasteiger partial charge in [-0.2, -0.15) is 0 Å². The van der Waals surface area contributed by atoms with Crippen molar-refractivity contribution < 1.29 is 19.5 Å². The van der Waals surface area contributed by atoms with Crippen LogP contribution in [0.4, 0.5) is 5.00 Å². The lowest BCUT2D eigenvalue weighted by molar-refractivity contribution is -0.146. The standard InChI is InChI=1S/C23H32N2O4S/c1-11-8-15(16(22(28)29)9-12(11)2)20(27)25-21-18(19(24)26)14-7-6-13(23(3,4)5)10-17(14)30-21/h13,15-16H,6-10H2,1-5H3,(H2,24,26)(H,25,27)(H,28,29)/t13-,15-,16+/m1/s1. The summed E-state index contributed by atoms with van der Waals surface area (Å²) in [5, 5.41) is 13.0. The fraction of sp³-hybridized carbons (Fsp3) is 0.609. The van der Waals surface area contributed by atoms with Gasteiger partial charge in [-0.15, -0.1) is 11.3 Å². The van der Waals surface area contributed by atoms with Crippen molar-refractivity contribution in [2.24, 2.45) is 28.9 Å². The number of nitrogens with two attached hydrogens (primary N) is 1. The van der Waals surface area contributed by atoms with Gasteiger partial charge in [0.2, 0.25) is 5.91 Å². The molecule has 0 unspecified atom stereocenters. The number of primary amides is 1. The van der Waals surface area contributed by atoms with Crippen LogP contribution in [0.1, 0.15) is 74.7 Å². The van der Waals surface area contributed by atoms with Crippen molar-refractivity contribution in [3.8, 4) is 0 Å². The van der Waals surface area contributed by atoms with E-state index in [1.807, 2.05) is 13.8 Å². The molecule has 2 aliphatic rings. The van der Waals surface area contributed by atoms with Crippen molar-refractivity contribution in [2.75, 3.05) is 5.32 Å². The lowest BCUT2D eigenvalue weighted by Crippen LogP contribution is -2.36. The van der Waals surface area contributed by atoms with E-state index in [4.69, 9.17) is 5.73 Å². The average Bonchev–Trinajstić information content (AvgIpc) is 2.99. The number of thiophene rings is 1. The van der Waals surface area contributed by atoms with Gasteiger partial charge in [0.15, 0.2) is 0 Å². The number of rotatable bonds is 4. The summed E-state index contributed by atoms with van der Waals surface area (Å²) in [5.41, 5.74) is 9.30. The van der Waals surface area contributed by atoms with Gasteiger partial charge in [-0.3, -0.25) is 14.4 Å². The molecule has 164 valence electrons. The minimum absolute atomic E-state index is 0.163. The monoisotopic (exact) mass is 432 g/mol. The maximum absolute atomic E-state index is 13.1. The smallest absolute Gasteiger partial charge is 0.307 e. The summed E-state index contributed by atoms with van der Waals surface area (Å²) in [4.78, 5) is 38.2. The second-order valence-corrected chi connectivity index (χ2v) is 11.0. The van der Waals surface area contributed by atoms with Crippen LogP contribution in [0.25, 0.3) is 0 Å². The molecule has 2 aliphatic carbocycles. The van der Waals surface area contributed by atoms with Gasteiger partial charge in [-0.25, -0.2) is 0 Å². The van der Waals surface area contributed by atoms with E-state index in [9.17, 15) is 19.5 Å². The van der Waals surface area contributed by atoms with E-state index in [2.05, 4.69) is 26.1 Å². The first-order valence-electron chi connectivity index (χ1n) is 10.5. The van der Waals surface area contributed by atoms with Gasteiger partial charge >= 0.3 is 5.97 Å². The first kappa shape index (κ1) is 22.5. The predicted molar refractivity (Wildman–Crippen MR) is 119 cm³/mol. The van der Waals surface area contributed by atoms with Crippen LogP contribution in [0, 0.1) is 23.2 Å². The number of carboxylic acids is 1. The third-order valence-electron chi connectivity index (χ3n) is 6.89. The zero-order valence-corrected chi connectivity index (χ0v) is 19.2. The van der Waals surface area contributed by atoms with Crippen LogP contribution < -0.4 is 11.1 Å². The van der Waals surface area contributed by atoms with Gasteiger partial charge in [0.1, 0.15) is 5.00 Å². The molecule has 1 heterocycles. The Bertz CT molecular complexity index is 922. The Morgan fingerprint density at radius 3 is 2.20 bits per heavy atom. The largest absolute Gasteiger partial charge is 0.481 e. The van der Waals surface area contributed by atoms with Crippen molar-refractivity contribution in [3.63, 3.8) is 0 Å². The molecule has 6 nitrogen and oxygen atoms in total. The maximum atomic E-state index is 13.1. The fourth-order valence-corrected chi connectivity index (χ4v) is 6.04. The highest BCUT2D eigenvalue weighted by atomic mass is 32.1. The van der Waals surface area contributed by atoms with Gasteiger partial charge in [-0.05, 0) is 62.8 Å². The Labute approximate surface area is 181 Å². The molecule has 0 bridgehead atoms. The summed E-state index contributed by atoms with van der Waals surface area (Å²) >= 11 is 1.42.